The first kappa shape index (κ1) is 24.4. The van der Waals surface area contributed by atoms with Crippen molar-refractivity contribution in [3.05, 3.63) is 48.0 Å². The highest BCUT2D eigenvalue weighted by Crippen LogP contribution is 2.35. The van der Waals surface area contributed by atoms with Crippen LogP contribution in [0.3, 0.4) is 0 Å². The monoisotopic (exact) mass is 475 g/mol. The second-order valence-corrected chi connectivity index (χ2v) is 9.57. The maximum atomic E-state index is 13.1. The lowest BCUT2D eigenvalue weighted by Gasteiger charge is -2.29. The van der Waals surface area contributed by atoms with E-state index in [1.54, 1.807) is 36.4 Å². The molecule has 0 aliphatic carbocycles. The number of benzene rings is 2. The van der Waals surface area contributed by atoms with Crippen LogP contribution in [-0.4, -0.2) is 52.3 Å². The normalized spacial score (nSPS) is 13.7. The molecule has 2 amide bonds. The highest BCUT2D eigenvalue weighted by molar-refractivity contribution is 7.92. The Balaban J connectivity index is 1.84. The molecule has 0 radical (unpaired) electrons. The number of anilines is 2. The molecule has 2 aromatic rings. The molecule has 2 N–H and O–H groups in total. The lowest BCUT2D eigenvalue weighted by atomic mass is 10.1. The highest BCUT2D eigenvalue weighted by atomic mass is 32.2. The molecule has 0 fully saturated rings. The van der Waals surface area contributed by atoms with Crippen molar-refractivity contribution in [3.63, 3.8) is 0 Å². The van der Waals surface area contributed by atoms with Crippen LogP contribution in [0.4, 0.5) is 11.4 Å². The van der Waals surface area contributed by atoms with Crippen molar-refractivity contribution in [2.45, 2.75) is 32.7 Å². The smallest absolute Gasteiger partial charge is 0.253 e. The fourth-order valence-electron chi connectivity index (χ4n) is 3.48. The number of rotatable bonds is 9. The largest absolute Gasteiger partial charge is 0.486 e. The lowest BCUT2D eigenvalue weighted by molar-refractivity contribution is -0.116. The fraction of sp³-hybridized carbons (Fsp3) is 0.391. The predicted molar refractivity (Wildman–Crippen MR) is 127 cm³/mol. The number of hydrogen-bond acceptors (Lipinski definition) is 6. The number of amides is 2. The molecule has 178 valence electrons. The summed E-state index contributed by atoms with van der Waals surface area (Å²) in [5.74, 6) is 0.0376. The molecule has 1 heterocycles. The average Bonchev–Trinajstić information content (AvgIpc) is 2.78. The summed E-state index contributed by atoms with van der Waals surface area (Å²) in [6.07, 6.45) is 2.82. The minimum absolute atomic E-state index is 0.273. The first-order valence-corrected chi connectivity index (χ1v) is 12.6. The summed E-state index contributed by atoms with van der Waals surface area (Å²) in [6.45, 7) is 4.79. The quantitative estimate of drug-likeness (QED) is 0.539. The lowest BCUT2D eigenvalue weighted by Crippen LogP contribution is -2.45. The molecule has 33 heavy (non-hydrogen) atoms. The van der Waals surface area contributed by atoms with Crippen molar-refractivity contribution in [3.8, 4) is 11.5 Å². The highest BCUT2D eigenvalue weighted by Gasteiger charge is 2.31. The van der Waals surface area contributed by atoms with E-state index in [9.17, 15) is 18.0 Å². The van der Waals surface area contributed by atoms with Gasteiger partial charge < -0.3 is 20.1 Å². The number of ether oxygens (including phenoxy) is 2. The van der Waals surface area contributed by atoms with Crippen molar-refractivity contribution < 1.29 is 27.5 Å². The first-order chi connectivity index (χ1) is 15.7. The molecule has 0 saturated carbocycles. The Morgan fingerprint density at radius 1 is 1.09 bits per heavy atom. The second kappa shape index (κ2) is 10.6. The molecule has 10 heteroatoms. The van der Waals surface area contributed by atoms with Crippen LogP contribution >= 0.6 is 0 Å². The van der Waals surface area contributed by atoms with E-state index in [0.29, 0.717) is 42.5 Å². The van der Waals surface area contributed by atoms with Crippen LogP contribution in [0.2, 0.25) is 0 Å². The molecule has 1 aliphatic rings. The van der Waals surface area contributed by atoms with Crippen LogP contribution in [0.1, 0.15) is 37.0 Å². The maximum Gasteiger partial charge on any atom is 0.253 e. The van der Waals surface area contributed by atoms with E-state index < -0.39 is 22.0 Å². The Morgan fingerprint density at radius 2 is 1.79 bits per heavy atom. The fourth-order valence-corrected chi connectivity index (χ4v) is 4.65. The van der Waals surface area contributed by atoms with Gasteiger partial charge in [0.15, 0.2) is 11.5 Å². The third-order valence-electron chi connectivity index (χ3n) is 5.11. The van der Waals surface area contributed by atoms with Gasteiger partial charge in [-0.15, -0.1) is 0 Å². The van der Waals surface area contributed by atoms with Gasteiger partial charge in [-0.3, -0.25) is 13.9 Å². The molecule has 0 aromatic heterocycles. The van der Waals surface area contributed by atoms with Gasteiger partial charge in [0.05, 0.1) is 23.2 Å². The molecule has 0 spiro atoms. The summed E-state index contributed by atoms with van der Waals surface area (Å²) in [7, 11) is -3.83. The van der Waals surface area contributed by atoms with Gasteiger partial charge in [0.25, 0.3) is 5.91 Å². The third-order valence-corrected chi connectivity index (χ3v) is 6.36. The Bertz CT molecular complexity index is 1120. The van der Waals surface area contributed by atoms with E-state index in [-0.39, 0.29) is 11.6 Å². The molecule has 0 saturated heterocycles. The van der Waals surface area contributed by atoms with Gasteiger partial charge in [0.2, 0.25) is 15.9 Å². The van der Waals surface area contributed by atoms with Crippen molar-refractivity contribution in [2.75, 3.05) is 35.6 Å². The van der Waals surface area contributed by atoms with Crippen LogP contribution in [0.5, 0.6) is 11.5 Å². The van der Waals surface area contributed by atoms with Crippen LogP contribution < -0.4 is 24.4 Å². The number of carbonyl (C=O) groups excluding carboxylic acids is 2. The number of unbranched alkanes of at least 4 members (excludes halogenated alkanes) is 1. The summed E-state index contributed by atoms with van der Waals surface area (Å²) >= 11 is 0. The predicted octanol–water partition coefficient (Wildman–Crippen LogP) is 2.78. The van der Waals surface area contributed by atoms with E-state index in [1.807, 2.05) is 6.92 Å². The average molecular weight is 476 g/mol. The third kappa shape index (κ3) is 5.95. The zero-order chi connectivity index (χ0) is 24.0. The van der Waals surface area contributed by atoms with Gasteiger partial charge in [0.1, 0.15) is 19.3 Å². The second-order valence-electron chi connectivity index (χ2n) is 7.71. The van der Waals surface area contributed by atoms with Crippen molar-refractivity contribution in [1.29, 1.82) is 0 Å². The Hall–Kier alpha value is -3.27. The molecular weight excluding hydrogens is 446 g/mol. The van der Waals surface area contributed by atoms with E-state index in [1.165, 1.54) is 13.0 Å². The summed E-state index contributed by atoms with van der Waals surface area (Å²) in [5, 5.41) is 5.53. The van der Waals surface area contributed by atoms with E-state index >= 15 is 0 Å². The molecular formula is C23H29N3O6S. The number of para-hydroxylation sites is 1. The van der Waals surface area contributed by atoms with Gasteiger partial charge >= 0.3 is 0 Å². The summed E-state index contributed by atoms with van der Waals surface area (Å²) in [6, 6.07) is 10.2. The van der Waals surface area contributed by atoms with E-state index in [4.69, 9.17) is 9.47 Å². The van der Waals surface area contributed by atoms with Crippen LogP contribution in [0.15, 0.2) is 42.5 Å². The Kier molecular flexibility index (Phi) is 7.80. The summed E-state index contributed by atoms with van der Waals surface area (Å²) in [4.78, 5) is 25.6. The van der Waals surface area contributed by atoms with Gasteiger partial charge in [-0.25, -0.2) is 8.42 Å². The van der Waals surface area contributed by atoms with Gasteiger partial charge in [-0.1, -0.05) is 25.5 Å². The minimum atomic E-state index is -3.83. The van der Waals surface area contributed by atoms with Gasteiger partial charge in [0, 0.05) is 12.6 Å². The number of nitrogens with one attached hydrogen (secondary N) is 2. The SMILES string of the molecule is CCCCNC(=O)c1ccccc1NC(=O)[C@@H](C)N(c1ccc2c(c1)OCCO2)S(C)(=O)=O. The molecule has 2 aromatic carbocycles. The van der Waals surface area contributed by atoms with Crippen molar-refractivity contribution in [1.82, 2.24) is 5.32 Å². The summed E-state index contributed by atoms with van der Waals surface area (Å²) in [5.41, 5.74) is 0.883. The molecule has 3 rings (SSSR count). The van der Waals surface area contributed by atoms with Gasteiger partial charge in [-0.2, -0.15) is 0 Å². The topological polar surface area (TPSA) is 114 Å². The first-order valence-electron chi connectivity index (χ1n) is 10.8. The number of hydrogen-bond donors (Lipinski definition) is 2. The minimum Gasteiger partial charge on any atom is -0.486 e. The van der Waals surface area contributed by atoms with E-state index in [2.05, 4.69) is 10.6 Å². The zero-order valence-corrected chi connectivity index (χ0v) is 19.8. The number of fused-ring (bicyclic) bond motifs is 1. The summed E-state index contributed by atoms with van der Waals surface area (Å²) < 4.78 is 37.3. The van der Waals surface area contributed by atoms with Crippen LogP contribution in [-0.2, 0) is 14.8 Å². The molecule has 0 bridgehead atoms. The molecule has 1 aliphatic heterocycles. The molecule has 9 nitrogen and oxygen atoms in total. The van der Waals surface area contributed by atoms with Crippen molar-refractivity contribution in [2.24, 2.45) is 0 Å². The standard InChI is InChI=1S/C23H29N3O6S/c1-4-5-12-24-23(28)18-8-6-7-9-19(18)25-22(27)16(2)26(33(3,29)30)17-10-11-20-21(15-17)32-14-13-31-20/h6-11,15-16H,4-5,12-14H2,1-3H3,(H,24,28)(H,25,27)/t16-/m1/s1. The van der Waals surface area contributed by atoms with E-state index in [0.717, 1.165) is 23.4 Å². The van der Waals surface area contributed by atoms with Crippen molar-refractivity contribution >= 4 is 33.2 Å². The number of carbonyl (C=O) groups is 2. The maximum absolute atomic E-state index is 13.1. The molecule has 1 atom stereocenters. The van der Waals surface area contributed by atoms with Gasteiger partial charge in [-0.05, 0) is 37.6 Å². The zero-order valence-electron chi connectivity index (χ0n) is 19.0. The number of sulfonamides is 1. The number of nitrogens with zero attached hydrogens (tertiary/aromatic N) is 1. The van der Waals surface area contributed by atoms with Crippen LogP contribution in [0.25, 0.3) is 0 Å². The Morgan fingerprint density at radius 3 is 2.48 bits per heavy atom. The Labute approximate surface area is 194 Å². The van der Waals surface area contributed by atoms with Crippen LogP contribution in [0, 0.1) is 0 Å². The molecule has 0 unspecified atom stereocenters.